The topological polar surface area (TPSA) is 15.3 Å². The Hall–Kier alpha value is -0.0800. The fraction of sp³-hybridized carbons (Fsp3) is 1.00. The summed E-state index contributed by atoms with van der Waals surface area (Å²) >= 11 is 0. The normalized spacial score (nSPS) is 12.5. The van der Waals surface area contributed by atoms with E-state index in [9.17, 15) is 0 Å². The summed E-state index contributed by atoms with van der Waals surface area (Å²) in [5, 5.41) is 3.48. The van der Waals surface area contributed by atoms with Crippen molar-refractivity contribution in [3.8, 4) is 0 Å². The standard InChI is InChI=1S/C11H26N2/c1-6-8-12-9-11(3,4)10-13(5)7-2/h12H,6-10H2,1-5H3. The lowest BCUT2D eigenvalue weighted by molar-refractivity contribution is 0.211. The highest BCUT2D eigenvalue weighted by atomic mass is 15.1. The second kappa shape index (κ2) is 6.39. The predicted molar refractivity (Wildman–Crippen MR) is 60.1 cm³/mol. The Kier molecular flexibility index (Phi) is 6.35. The lowest BCUT2D eigenvalue weighted by Crippen LogP contribution is -2.39. The van der Waals surface area contributed by atoms with Crippen LogP contribution in [0, 0.1) is 5.41 Å². The Bertz CT molecular complexity index is 121. The van der Waals surface area contributed by atoms with Gasteiger partial charge in [0, 0.05) is 13.1 Å². The first kappa shape index (κ1) is 12.9. The molecule has 0 aromatic rings. The van der Waals surface area contributed by atoms with Gasteiger partial charge in [0.1, 0.15) is 0 Å². The summed E-state index contributed by atoms with van der Waals surface area (Å²) in [6, 6.07) is 0. The molecule has 0 saturated heterocycles. The van der Waals surface area contributed by atoms with Crippen LogP contribution in [0.15, 0.2) is 0 Å². The maximum Gasteiger partial charge on any atom is 0.00417 e. The van der Waals surface area contributed by atoms with E-state index in [4.69, 9.17) is 0 Å². The van der Waals surface area contributed by atoms with Crippen molar-refractivity contribution in [2.75, 3.05) is 33.2 Å². The van der Waals surface area contributed by atoms with Crippen molar-refractivity contribution in [3.63, 3.8) is 0 Å². The van der Waals surface area contributed by atoms with Gasteiger partial charge in [0.2, 0.25) is 0 Å². The third kappa shape index (κ3) is 7.03. The van der Waals surface area contributed by atoms with Crippen molar-refractivity contribution < 1.29 is 0 Å². The second-order valence-corrected chi connectivity index (χ2v) is 4.67. The highest BCUT2D eigenvalue weighted by Gasteiger charge is 2.18. The molecule has 0 atom stereocenters. The molecule has 0 aliphatic carbocycles. The van der Waals surface area contributed by atoms with Gasteiger partial charge in [-0.05, 0) is 32.0 Å². The smallest absolute Gasteiger partial charge is 0.00417 e. The lowest BCUT2D eigenvalue weighted by Gasteiger charge is -2.30. The molecule has 0 fully saturated rings. The molecule has 0 bridgehead atoms. The molecule has 0 saturated carbocycles. The number of nitrogens with zero attached hydrogens (tertiary/aromatic N) is 1. The molecule has 0 spiro atoms. The molecule has 0 radical (unpaired) electrons. The highest BCUT2D eigenvalue weighted by Crippen LogP contribution is 2.14. The molecule has 0 unspecified atom stereocenters. The number of hydrogen-bond donors (Lipinski definition) is 1. The zero-order chi connectivity index (χ0) is 10.3. The average molecular weight is 186 g/mol. The summed E-state index contributed by atoms with van der Waals surface area (Å²) in [6.45, 7) is 13.6. The van der Waals surface area contributed by atoms with Gasteiger partial charge in [0.15, 0.2) is 0 Å². The van der Waals surface area contributed by atoms with E-state index < -0.39 is 0 Å². The molecule has 1 N–H and O–H groups in total. The summed E-state index contributed by atoms with van der Waals surface area (Å²) in [6.07, 6.45) is 1.22. The molecule has 13 heavy (non-hydrogen) atoms. The van der Waals surface area contributed by atoms with Crippen LogP contribution >= 0.6 is 0 Å². The lowest BCUT2D eigenvalue weighted by atomic mass is 9.93. The molecule has 0 aromatic carbocycles. The Labute approximate surface area is 83.7 Å². The van der Waals surface area contributed by atoms with Crippen LogP contribution in [0.25, 0.3) is 0 Å². The van der Waals surface area contributed by atoms with E-state index in [0.29, 0.717) is 5.41 Å². The SMILES string of the molecule is CCCNCC(C)(C)CN(C)CC. The molecule has 0 heterocycles. The second-order valence-electron chi connectivity index (χ2n) is 4.67. The van der Waals surface area contributed by atoms with Crippen molar-refractivity contribution in [1.29, 1.82) is 0 Å². The Morgan fingerprint density at radius 1 is 1.23 bits per heavy atom. The highest BCUT2D eigenvalue weighted by molar-refractivity contribution is 4.74. The van der Waals surface area contributed by atoms with Gasteiger partial charge in [-0.1, -0.05) is 27.7 Å². The third-order valence-corrected chi connectivity index (χ3v) is 2.27. The number of nitrogens with one attached hydrogen (secondary N) is 1. The molecule has 80 valence electrons. The van der Waals surface area contributed by atoms with Crippen molar-refractivity contribution in [2.45, 2.75) is 34.1 Å². The van der Waals surface area contributed by atoms with Crippen LogP contribution in [-0.4, -0.2) is 38.1 Å². The Balaban J connectivity index is 3.65. The first-order chi connectivity index (χ1) is 6.02. The van der Waals surface area contributed by atoms with Crippen LogP contribution in [0.5, 0.6) is 0 Å². The molecular weight excluding hydrogens is 160 g/mol. The monoisotopic (exact) mass is 186 g/mol. The molecule has 0 aliphatic heterocycles. The van der Waals surface area contributed by atoms with Crippen LogP contribution < -0.4 is 5.32 Å². The maximum atomic E-state index is 3.48. The summed E-state index contributed by atoms with van der Waals surface area (Å²) in [5.41, 5.74) is 0.389. The van der Waals surface area contributed by atoms with Crippen molar-refractivity contribution in [2.24, 2.45) is 5.41 Å². The number of hydrogen-bond acceptors (Lipinski definition) is 2. The molecule has 2 heteroatoms. The molecule has 2 nitrogen and oxygen atoms in total. The quantitative estimate of drug-likeness (QED) is 0.612. The van der Waals surface area contributed by atoms with Gasteiger partial charge in [0.05, 0.1) is 0 Å². The van der Waals surface area contributed by atoms with Crippen molar-refractivity contribution in [3.05, 3.63) is 0 Å². The summed E-state index contributed by atoms with van der Waals surface area (Å²) in [4.78, 5) is 2.37. The molecule has 0 aliphatic rings. The third-order valence-electron chi connectivity index (χ3n) is 2.27. The predicted octanol–water partition coefficient (Wildman–Crippen LogP) is 1.96. The number of rotatable bonds is 7. The Morgan fingerprint density at radius 3 is 2.31 bits per heavy atom. The largest absolute Gasteiger partial charge is 0.316 e. The Morgan fingerprint density at radius 2 is 1.85 bits per heavy atom. The molecule has 0 amide bonds. The van der Waals surface area contributed by atoms with Crippen LogP contribution in [0.4, 0.5) is 0 Å². The van der Waals surface area contributed by atoms with Crippen LogP contribution in [0.3, 0.4) is 0 Å². The van der Waals surface area contributed by atoms with Gasteiger partial charge in [-0.25, -0.2) is 0 Å². The van der Waals surface area contributed by atoms with Crippen LogP contribution in [0.2, 0.25) is 0 Å². The van der Waals surface area contributed by atoms with Crippen LogP contribution in [-0.2, 0) is 0 Å². The zero-order valence-corrected chi connectivity index (χ0v) is 9.98. The molecular formula is C11H26N2. The molecule has 0 rings (SSSR count). The van der Waals surface area contributed by atoms with Crippen molar-refractivity contribution in [1.82, 2.24) is 10.2 Å². The maximum absolute atomic E-state index is 3.48. The van der Waals surface area contributed by atoms with Gasteiger partial charge < -0.3 is 10.2 Å². The van der Waals surface area contributed by atoms with E-state index in [1.54, 1.807) is 0 Å². The summed E-state index contributed by atoms with van der Waals surface area (Å²) < 4.78 is 0. The van der Waals surface area contributed by atoms with Gasteiger partial charge in [-0.3, -0.25) is 0 Å². The van der Waals surface area contributed by atoms with E-state index in [1.807, 2.05) is 0 Å². The average Bonchev–Trinajstić information content (AvgIpc) is 2.03. The zero-order valence-electron chi connectivity index (χ0n) is 9.98. The summed E-state index contributed by atoms with van der Waals surface area (Å²) in [5.74, 6) is 0. The van der Waals surface area contributed by atoms with Gasteiger partial charge in [0.25, 0.3) is 0 Å². The van der Waals surface area contributed by atoms with Gasteiger partial charge >= 0.3 is 0 Å². The summed E-state index contributed by atoms with van der Waals surface area (Å²) in [7, 11) is 2.18. The first-order valence-electron chi connectivity index (χ1n) is 5.41. The first-order valence-corrected chi connectivity index (χ1v) is 5.41. The van der Waals surface area contributed by atoms with Crippen LogP contribution in [0.1, 0.15) is 34.1 Å². The van der Waals surface area contributed by atoms with Crippen molar-refractivity contribution >= 4 is 0 Å². The fourth-order valence-corrected chi connectivity index (χ4v) is 1.50. The van der Waals surface area contributed by atoms with E-state index in [-0.39, 0.29) is 0 Å². The van der Waals surface area contributed by atoms with E-state index >= 15 is 0 Å². The molecule has 0 aromatic heterocycles. The fourth-order valence-electron chi connectivity index (χ4n) is 1.50. The van der Waals surface area contributed by atoms with E-state index in [1.165, 1.54) is 13.0 Å². The van der Waals surface area contributed by atoms with Gasteiger partial charge in [-0.2, -0.15) is 0 Å². The minimum Gasteiger partial charge on any atom is -0.316 e. The van der Waals surface area contributed by atoms with Gasteiger partial charge in [-0.15, -0.1) is 0 Å². The van der Waals surface area contributed by atoms with E-state index in [0.717, 1.165) is 19.6 Å². The minimum absolute atomic E-state index is 0.389. The van der Waals surface area contributed by atoms with E-state index in [2.05, 4.69) is 45.0 Å². The minimum atomic E-state index is 0.389.